The van der Waals surface area contributed by atoms with Crippen molar-refractivity contribution in [2.24, 2.45) is 0 Å². The van der Waals surface area contributed by atoms with Crippen molar-refractivity contribution < 1.29 is 0 Å². The van der Waals surface area contributed by atoms with E-state index in [0.717, 1.165) is 0 Å². The molecule has 4 heteroatoms. The fourth-order valence-corrected chi connectivity index (χ4v) is 0. The van der Waals surface area contributed by atoms with Crippen LogP contribution in [0.1, 0.15) is 0 Å². The molecular weight excluding hydrogens is 127 g/mol. The fourth-order valence-electron chi connectivity index (χ4n) is 0. The Morgan fingerprint density at radius 3 is 1.60 bits per heavy atom. The fraction of sp³-hybridized carbons (Fsp3) is 0. The summed E-state index contributed by atoms with van der Waals surface area (Å²) in [6.07, 6.45) is 0. The second-order valence-corrected chi connectivity index (χ2v) is 0.922. The molecule has 0 unspecified atom stereocenters. The van der Waals surface area contributed by atoms with E-state index < -0.39 is 0 Å². The van der Waals surface area contributed by atoms with Crippen LogP contribution in [0.5, 0.6) is 0 Å². The SMILES string of the molecule is N#[C][K].[KH].[NaH]. The van der Waals surface area contributed by atoms with E-state index in [-0.39, 0.29) is 80.9 Å². The van der Waals surface area contributed by atoms with E-state index in [1.54, 1.807) is 0 Å². The molecule has 0 aliphatic carbocycles. The van der Waals surface area contributed by atoms with Crippen molar-refractivity contribution in [2.45, 2.75) is 0 Å². The van der Waals surface area contributed by atoms with Gasteiger partial charge in [-0.3, -0.25) is 0 Å². The van der Waals surface area contributed by atoms with Gasteiger partial charge in [-0.05, 0) is 0 Å². The van der Waals surface area contributed by atoms with E-state index in [0.29, 0.717) is 49.0 Å². The molecule has 0 aromatic rings. The third-order valence-corrected chi connectivity index (χ3v) is 0. The summed E-state index contributed by atoms with van der Waals surface area (Å²) in [7, 11) is 0. The van der Waals surface area contributed by atoms with Crippen LogP contribution < -0.4 is 0 Å². The summed E-state index contributed by atoms with van der Waals surface area (Å²) in [6, 6.07) is 0. The maximum atomic E-state index is 7.40. The minimum absolute atomic E-state index is 0. The number of hydrogen-bond acceptors (Lipinski definition) is 1. The van der Waals surface area contributed by atoms with E-state index in [4.69, 9.17) is 5.26 Å². The summed E-state index contributed by atoms with van der Waals surface area (Å²) < 4.78 is 1.94. The molecule has 0 N–H and O–H groups in total. The molecule has 0 spiro atoms. The molecule has 0 saturated carbocycles. The second kappa shape index (κ2) is 15.7. The predicted octanol–water partition coefficient (Wildman–Crippen LogP) is -1.66. The van der Waals surface area contributed by atoms with E-state index in [1.807, 2.05) is 0.164 Å². The zero-order chi connectivity index (χ0) is 2.71. The average molecular weight is 129 g/mol. The molecule has 14 valence electrons. The Kier molecular flexibility index (Phi) is 49.8. The molecule has 0 atom stereocenters. The number of rotatable bonds is 0. The minimum atomic E-state index is 0. The molecule has 0 aromatic carbocycles. The number of nitriles is 1. The van der Waals surface area contributed by atoms with Crippen molar-refractivity contribution in [3.8, 4) is 0.164 Å². The molecule has 0 amide bonds. The molecule has 0 bridgehead atoms. The van der Waals surface area contributed by atoms with Gasteiger partial charge < -0.3 is 0 Å². The first-order chi connectivity index (χ1) is 1.41. The normalized spacial score (nSPS) is 1.80. The van der Waals surface area contributed by atoms with Gasteiger partial charge in [0.1, 0.15) is 0 Å². The summed E-state index contributed by atoms with van der Waals surface area (Å²) in [5.41, 5.74) is 0. The second-order valence-electron chi connectivity index (χ2n) is 0.224. The topological polar surface area (TPSA) is 23.8 Å². The van der Waals surface area contributed by atoms with Gasteiger partial charge in [0.25, 0.3) is 0 Å². The molecule has 0 aliphatic heterocycles. The van der Waals surface area contributed by atoms with Gasteiger partial charge in [-0.2, -0.15) is 0 Å². The zero-order valence-electron chi connectivity index (χ0n) is 1.95. The molecule has 0 fully saturated rings. The van der Waals surface area contributed by atoms with Gasteiger partial charge in [0, 0.05) is 0 Å². The van der Waals surface area contributed by atoms with E-state index in [2.05, 4.69) is 0 Å². The van der Waals surface area contributed by atoms with Crippen LogP contribution in [-0.2, 0) is 0 Å². The molecule has 0 aromatic heterocycles. The van der Waals surface area contributed by atoms with Crippen LogP contribution >= 0.6 is 0 Å². The summed E-state index contributed by atoms with van der Waals surface area (Å²) >= 11 is 0.410. The summed E-state index contributed by atoms with van der Waals surface area (Å²) in [4.78, 5) is 0. The van der Waals surface area contributed by atoms with Crippen molar-refractivity contribution in [3.63, 3.8) is 0 Å². The van der Waals surface area contributed by atoms with Gasteiger partial charge in [-0.1, -0.05) is 0 Å². The van der Waals surface area contributed by atoms with Crippen molar-refractivity contribution >= 4 is 130 Å². The van der Waals surface area contributed by atoms with Crippen LogP contribution in [0.3, 0.4) is 0 Å². The molecule has 0 aliphatic rings. The summed E-state index contributed by atoms with van der Waals surface area (Å²) in [6.45, 7) is 0. The Balaban J connectivity index is -0.0000000200. The first kappa shape index (κ1) is 15.9. The Morgan fingerprint density at radius 1 is 1.60 bits per heavy atom. The van der Waals surface area contributed by atoms with Crippen LogP contribution in [0.2, 0.25) is 0 Å². The van der Waals surface area contributed by atoms with E-state index in [9.17, 15) is 0 Å². The molecular formula is CH2K2NNa. The quantitative estimate of drug-likeness (QED) is 0.359. The van der Waals surface area contributed by atoms with Crippen molar-refractivity contribution in [3.05, 3.63) is 0 Å². The molecule has 0 heterocycles. The maximum absolute atomic E-state index is 7.40. The Bertz CT molecular complexity index is 31.1. The average Bonchev–Trinajstić information content (AvgIpc) is 0.918. The van der Waals surface area contributed by atoms with Crippen molar-refractivity contribution in [2.75, 3.05) is 0 Å². The summed E-state index contributed by atoms with van der Waals surface area (Å²) in [5.74, 6) is 0. The Morgan fingerprint density at radius 2 is 1.60 bits per heavy atom. The van der Waals surface area contributed by atoms with Crippen molar-refractivity contribution in [1.29, 1.82) is 5.26 Å². The third-order valence-electron chi connectivity index (χ3n) is 0. The first-order valence-corrected chi connectivity index (χ1v) is 2.29. The Hall–Kier alpha value is 3.76. The van der Waals surface area contributed by atoms with E-state index in [1.165, 1.54) is 0 Å². The monoisotopic (exact) mass is 129 g/mol. The van der Waals surface area contributed by atoms with Crippen LogP contribution in [0.25, 0.3) is 0 Å². The summed E-state index contributed by atoms with van der Waals surface area (Å²) in [5, 5.41) is 7.40. The van der Waals surface area contributed by atoms with Gasteiger partial charge in [0.15, 0.2) is 0 Å². The van der Waals surface area contributed by atoms with Crippen LogP contribution in [-0.4, -0.2) is 130 Å². The van der Waals surface area contributed by atoms with Gasteiger partial charge in [-0.15, -0.1) is 0 Å². The van der Waals surface area contributed by atoms with Crippen LogP contribution in [0.4, 0.5) is 0 Å². The van der Waals surface area contributed by atoms with Crippen LogP contribution in [0, 0.1) is 5.43 Å². The molecule has 0 saturated heterocycles. The predicted molar refractivity (Wildman–Crippen MR) is 25.7 cm³/mol. The standard InChI is InChI=1S/CN.2K.Na.2H/c1-2;;;;;. The van der Waals surface area contributed by atoms with Gasteiger partial charge >= 0.3 is 135 Å². The van der Waals surface area contributed by atoms with Gasteiger partial charge in [0.2, 0.25) is 0 Å². The van der Waals surface area contributed by atoms with Crippen molar-refractivity contribution in [1.82, 2.24) is 0 Å². The zero-order valence-corrected chi connectivity index (χ0v) is 5.07. The van der Waals surface area contributed by atoms with Crippen LogP contribution in [0.15, 0.2) is 0 Å². The third kappa shape index (κ3) is 18.2. The Labute approximate surface area is 131 Å². The molecule has 5 heavy (non-hydrogen) atoms. The molecule has 0 rings (SSSR count). The van der Waals surface area contributed by atoms with Gasteiger partial charge in [-0.25, -0.2) is 0 Å². The van der Waals surface area contributed by atoms with E-state index >= 15 is 0 Å². The molecule has 0 radical (unpaired) electrons. The molecule has 1 nitrogen and oxygen atoms in total. The first-order valence-electron chi connectivity index (χ1n) is 0.724. The van der Waals surface area contributed by atoms with Gasteiger partial charge in [0.05, 0.1) is 0 Å². The number of hydrogen-bond donors (Lipinski definition) is 0. The number of nitrogens with zero attached hydrogens (tertiary/aromatic N) is 1.